The number of rotatable bonds is 7. The molecule has 31 heavy (non-hydrogen) atoms. The van der Waals surface area contributed by atoms with Gasteiger partial charge in [-0.3, -0.25) is 9.69 Å². The van der Waals surface area contributed by atoms with Gasteiger partial charge in [0, 0.05) is 43.9 Å². The average Bonchev–Trinajstić information content (AvgIpc) is 2.76. The van der Waals surface area contributed by atoms with Crippen LogP contribution in [-0.2, 0) is 21.4 Å². The van der Waals surface area contributed by atoms with Crippen LogP contribution >= 0.6 is 11.8 Å². The fraction of sp³-hybridized carbons (Fsp3) is 0.364. The van der Waals surface area contributed by atoms with Crippen LogP contribution in [0.3, 0.4) is 0 Å². The van der Waals surface area contributed by atoms with E-state index in [1.165, 1.54) is 36.9 Å². The van der Waals surface area contributed by atoms with E-state index in [4.69, 9.17) is 5.26 Å². The Labute approximate surface area is 188 Å². The molecule has 0 saturated carbocycles. The Morgan fingerprint density at radius 1 is 1.19 bits per heavy atom. The predicted molar refractivity (Wildman–Crippen MR) is 123 cm³/mol. The number of carbonyl (C=O) groups is 1. The zero-order valence-corrected chi connectivity index (χ0v) is 19.3. The molecule has 164 valence electrons. The van der Waals surface area contributed by atoms with Gasteiger partial charge in [-0.05, 0) is 48.4 Å². The standard InChI is InChI=1S/C22H26N4O3S2/c1-17-13-19(15-26-9-11-30-12-10-26)5-8-21(17)24-22(27)16-25(2)31(28,29)20-6-3-18(14-23)4-7-20/h3-8,13H,9-12,15-16H2,1-2H3,(H,24,27). The quantitative estimate of drug-likeness (QED) is 0.686. The van der Waals surface area contributed by atoms with E-state index in [0.29, 0.717) is 11.3 Å². The normalized spacial score (nSPS) is 14.9. The van der Waals surface area contributed by atoms with Crippen molar-refractivity contribution in [2.75, 3.05) is 43.5 Å². The summed E-state index contributed by atoms with van der Waals surface area (Å²) in [7, 11) is -2.47. The molecule has 0 spiro atoms. The molecule has 1 aliphatic heterocycles. The highest BCUT2D eigenvalue weighted by molar-refractivity contribution is 7.99. The highest BCUT2D eigenvalue weighted by Gasteiger charge is 2.23. The fourth-order valence-electron chi connectivity index (χ4n) is 3.34. The molecule has 3 rings (SSSR count). The Balaban J connectivity index is 1.60. The van der Waals surface area contributed by atoms with E-state index in [-0.39, 0.29) is 11.4 Å². The highest BCUT2D eigenvalue weighted by Crippen LogP contribution is 2.20. The number of likely N-dealkylation sites (N-methyl/N-ethyl adjacent to an activating group) is 1. The van der Waals surface area contributed by atoms with Crippen LogP contribution < -0.4 is 5.32 Å². The van der Waals surface area contributed by atoms with Crippen LogP contribution in [0.25, 0.3) is 0 Å². The minimum atomic E-state index is -3.83. The van der Waals surface area contributed by atoms with Gasteiger partial charge in [-0.25, -0.2) is 8.42 Å². The number of amides is 1. The first-order valence-electron chi connectivity index (χ1n) is 9.95. The molecular weight excluding hydrogens is 432 g/mol. The first-order valence-corrected chi connectivity index (χ1v) is 12.5. The number of nitrogens with zero attached hydrogens (tertiary/aromatic N) is 3. The van der Waals surface area contributed by atoms with Crippen molar-refractivity contribution in [3.05, 3.63) is 59.2 Å². The Bertz CT molecular complexity index is 1070. The van der Waals surface area contributed by atoms with Gasteiger partial charge in [0.25, 0.3) is 0 Å². The lowest BCUT2D eigenvalue weighted by atomic mass is 10.1. The summed E-state index contributed by atoms with van der Waals surface area (Å²) in [4.78, 5) is 14.9. The van der Waals surface area contributed by atoms with Gasteiger partial charge in [0.2, 0.25) is 15.9 Å². The minimum absolute atomic E-state index is 0.0402. The van der Waals surface area contributed by atoms with Gasteiger partial charge in [0.1, 0.15) is 0 Å². The van der Waals surface area contributed by atoms with Crippen LogP contribution in [0, 0.1) is 18.3 Å². The average molecular weight is 459 g/mol. The Hall–Kier alpha value is -2.38. The molecule has 2 aromatic carbocycles. The molecule has 1 N–H and O–H groups in total. The van der Waals surface area contributed by atoms with Gasteiger partial charge in [0.15, 0.2) is 0 Å². The van der Waals surface area contributed by atoms with Gasteiger partial charge in [-0.2, -0.15) is 21.3 Å². The molecule has 0 atom stereocenters. The van der Waals surface area contributed by atoms with Crippen LogP contribution in [0.5, 0.6) is 0 Å². The Morgan fingerprint density at radius 3 is 2.48 bits per heavy atom. The third-order valence-corrected chi connectivity index (χ3v) is 7.89. The molecule has 0 unspecified atom stereocenters. The maximum atomic E-state index is 12.7. The zero-order valence-electron chi connectivity index (χ0n) is 17.7. The van der Waals surface area contributed by atoms with E-state index >= 15 is 0 Å². The van der Waals surface area contributed by atoms with Crippen LogP contribution in [0.15, 0.2) is 47.4 Å². The lowest BCUT2D eigenvalue weighted by molar-refractivity contribution is -0.116. The van der Waals surface area contributed by atoms with Crippen molar-refractivity contribution >= 4 is 33.4 Å². The lowest BCUT2D eigenvalue weighted by Crippen LogP contribution is -2.35. The summed E-state index contributed by atoms with van der Waals surface area (Å²) in [6.45, 7) is 4.68. The molecular formula is C22H26N4O3S2. The number of carbonyl (C=O) groups excluding carboxylic acids is 1. The number of nitrogens with one attached hydrogen (secondary N) is 1. The summed E-state index contributed by atoms with van der Waals surface area (Å²) in [5, 5.41) is 11.7. The molecule has 0 radical (unpaired) electrons. The summed E-state index contributed by atoms with van der Waals surface area (Å²) in [6.07, 6.45) is 0. The molecule has 9 heteroatoms. The van der Waals surface area contributed by atoms with Crippen molar-refractivity contribution in [3.63, 3.8) is 0 Å². The SMILES string of the molecule is Cc1cc(CN2CCSCC2)ccc1NC(=O)CN(C)S(=O)(=O)c1ccc(C#N)cc1. The molecule has 1 saturated heterocycles. The Morgan fingerprint density at radius 2 is 1.87 bits per heavy atom. The maximum Gasteiger partial charge on any atom is 0.243 e. The van der Waals surface area contributed by atoms with E-state index in [2.05, 4.69) is 16.3 Å². The second-order valence-electron chi connectivity index (χ2n) is 7.48. The summed E-state index contributed by atoms with van der Waals surface area (Å²) < 4.78 is 26.4. The summed E-state index contributed by atoms with van der Waals surface area (Å²) in [5.74, 6) is 1.90. The first-order chi connectivity index (χ1) is 14.8. The summed E-state index contributed by atoms with van der Waals surface area (Å²) in [6, 6.07) is 13.5. The van der Waals surface area contributed by atoms with E-state index in [0.717, 1.165) is 41.0 Å². The first kappa shape index (κ1) is 23.3. The third-order valence-electron chi connectivity index (χ3n) is 5.13. The molecule has 0 bridgehead atoms. The molecule has 2 aromatic rings. The number of thioether (sulfide) groups is 1. The number of sulfonamides is 1. The molecule has 1 fully saturated rings. The number of anilines is 1. The van der Waals surface area contributed by atoms with Crippen LogP contribution in [0.4, 0.5) is 5.69 Å². The molecule has 0 aliphatic carbocycles. The fourth-order valence-corrected chi connectivity index (χ4v) is 5.45. The molecule has 1 aliphatic rings. The maximum absolute atomic E-state index is 12.7. The molecule has 1 heterocycles. The molecule has 0 aromatic heterocycles. The highest BCUT2D eigenvalue weighted by atomic mass is 32.2. The smallest absolute Gasteiger partial charge is 0.243 e. The van der Waals surface area contributed by atoms with Gasteiger partial charge >= 0.3 is 0 Å². The monoisotopic (exact) mass is 458 g/mol. The van der Waals surface area contributed by atoms with Crippen LogP contribution in [-0.4, -0.2) is 61.7 Å². The summed E-state index contributed by atoms with van der Waals surface area (Å²) in [5.41, 5.74) is 3.18. The minimum Gasteiger partial charge on any atom is -0.325 e. The molecule has 7 nitrogen and oxygen atoms in total. The van der Waals surface area contributed by atoms with Gasteiger partial charge in [0.05, 0.1) is 23.1 Å². The predicted octanol–water partition coefficient (Wildman–Crippen LogP) is 2.67. The van der Waals surface area contributed by atoms with Crippen molar-refractivity contribution in [1.82, 2.24) is 9.21 Å². The van der Waals surface area contributed by atoms with Gasteiger partial charge < -0.3 is 5.32 Å². The number of hydrogen-bond acceptors (Lipinski definition) is 6. The van der Waals surface area contributed by atoms with Crippen LogP contribution in [0.2, 0.25) is 0 Å². The van der Waals surface area contributed by atoms with E-state index in [1.54, 1.807) is 0 Å². The van der Waals surface area contributed by atoms with Crippen molar-refractivity contribution in [3.8, 4) is 6.07 Å². The topological polar surface area (TPSA) is 93.5 Å². The third kappa shape index (κ3) is 6.08. The zero-order chi connectivity index (χ0) is 22.4. The van der Waals surface area contributed by atoms with E-state index in [9.17, 15) is 13.2 Å². The Kier molecular flexibility index (Phi) is 7.73. The summed E-state index contributed by atoms with van der Waals surface area (Å²) >= 11 is 1.98. The molecule has 1 amide bonds. The van der Waals surface area contributed by atoms with Crippen molar-refractivity contribution in [2.24, 2.45) is 0 Å². The van der Waals surface area contributed by atoms with Crippen LogP contribution in [0.1, 0.15) is 16.7 Å². The van der Waals surface area contributed by atoms with E-state index in [1.807, 2.05) is 36.9 Å². The number of nitriles is 1. The largest absolute Gasteiger partial charge is 0.325 e. The van der Waals surface area contributed by atoms with Crippen molar-refractivity contribution in [1.29, 1.82) is 5.26 Å². The second-order valence-corrected chi connectivity index (χ2v) is 10.8. The number of aryl methyl sites for hydroxylation is 1. The van der Waals surface area contributed by atoms with E-state index < -0.39 is 15.9 Å². The number of hydrogen-bond donors (Lipinski definition) is 1. The lowest BCUT2D eigenvalue weighted by Gasteiger charge is -2.26. The van der Waals surface area contributed by atoms with Gasteiger partial charge in [-0.15, -0.1) is 0 Å². The second kappa shape index (κ2) is 10.3. The van der Waals surface area contributed by atoms with Crippen molar-refractivity contribution < 1.29 is 13.2 Å². The van der Waals surface area contributed by atoms with Gasteiger partial charge in [-0.1, -0.05) is 12.1 Å². The van der Waals surface area contributed by atoms with Crippen molar-refractivity contribution in [2.45, 2.75) is 18.4 Å². The number of benzene rings is 2.